The molecule has 0 aliphatic carbocycles. The van der Waals surface area contributed by atoms with Crippen LogP contribution >= 0.6 is 0 Å². The summed E-state index contributed by atoms with van der Waals surface area (Å²) >= 11 is 0. The maximum atomic E-state index is 11.2. The molecule has 94 valence electrons. The first-order chi connectivity index (χ1) is 8.66. The van der Waals surface area contributed by atoms with Gasteiger partial charge < -0.3 is 29.1 Å². The van der Waals surface area contributed by atoms with E-state index in [0.29, 0.717) is 12.4 Å². The number of aryl methyl sites for hydroxylation is 1. The van der Waals surface area contributed by atoms with Crippen LogP contribution in [0.4, 0.5) is 0 Å². The van der Waals surface area contributed by atoms with Crippen molar-refractivity contribution in [1.82, 2.24) is 0 Å². The second kappa shape index (κ2) is 5.62. The van der Waals surface area contributed by atoms with Crippen LogP contribution in [0.1, 0.15) is 22.3 Å². The zero-order valence-corrected chi connectivity index (χ0v) is 12.5. The van der Waals surface area contributed by atoms with Crippen LogP contribution in [0, 0.1) is 0 Å². The Morgan fingerprint density at radius 2 is 2.16 bits per heavy atom. The fraction of sp³-hybridized carbons (Fsp3) is 0.364. The summed E-state index contributed by atoms with van der Waals surface area (Å²) in [6.07, 6.45) is 1.54. The summed E-state index contributed by atoms with van der Waals surface area (Å²) in [6, 6.07) is 1.70. The van der Waals surface area contributed by atoms with Crippen LogP contribution in [0.5, 0.6) is 17.2 Å². The minimum Gasteiger partial charge on any atom is -0.545 e. The Bertz CT molecular complexity index is 520. The fourth-order valence-electron chi connectivity index (χ4n) is 2.20. The van der Waals surface area contributed by atoms with Gasteiger partial charge >= 0.3 is 36.7 Å². The smallest absolute Gasteiger partial charge is 0.545 e. The van der Waals surface area contributed by atoms with Gasteiger partial charge in [0.1, 0.15) is 12.3 Å². The van der Waals surface area contributed by atoms with Crippen molar-refractivity contribution in [3.8, 4) is 17.2 Å². The van der Waals surface area contributed by atoms with E-state index in [-0.39, 0.29) is 53.1 Å². The average molecular weight is 272 g/mol. The van der Waals surface area contributed by atoms with Crippen molar-refractivity contribution in [2.24, 2.45) is 0 Å². The van der Waals surface area contributed by atoms with Crippen molar-refractivity contribution in [1.29, 1.82) is 0 Å². The van der Waals surface area contributed by atoms with Gasteiger partial charge in [0.25, 0.3) is 0 Å². The molecule has 1 N–H and O–H groups in total. The topological polar surface area (TPSA) is 88.1 Å². The molecule has 0 unspecified atom stereocenters. The molecule has 1 aromatic rings. The van der Waals surface area contributed by atoms with Crippen molar-refractivity contribution in [2.75, 3.05) is 13.1 Å². The molecule has 6 nitrogen and oxygen atoms in total. The second-order valence-corrected chi connectivity index (χ2v) is 4.19. The van der Waals surface area contributed by atoms with E-state index < -0.39 is 13.1 Å². The summed E-state index contributed by atoms with van der Waals surface area (Å²) in [5.74, 6) is -0.849. The molecule has 2 aliphatic rings. The summed E-state index contributed by atoms with van der Waals surface area (Å²) in [6.45, 7) is 0.425. The maximum Gasteiger partial charge on any atom is 1.00 e. The SMILES string of the molecule is O=C([O-])c1c2c(cc3c1OB(O)CO3)CCCO2.[Na+]. The first kappa shape index (κ1) is 14.5. The zero-order chi connectivity index (χ0) is 12.7. The molecule has 0 amide bonds. The van der Waals surface area contributed by atoms with Gasteiger partial charge in [0.05, 0.1) is 18.1 Å². The Labute approximate surface area is 132 Å². The summed E-state index contributed by atoms with van der Waals surface area (Å²) in [4.78, 5) is 11.2. The largest absolute Gasteiger partial charge is 1.00 e. The van der Waals surface area contributed by atoms with Gasteiger partial charge in [-0.15, -0.1) is 0 Å². The first-order valence-corrected chi connectivity index (χ1v) is 5.68. The van der Waals surface area contributed by atoms with E-state index in [4.69, 9.17) is 14.1 Å². The normalized spacial score (nSPS) is 15.9. The summed E-state index contributed by atoms with van der Waals surface area (Å²) in [7, 11) is -1.18. The molecular weight excluding hydrogens is 262 g/mol. The van der Waals surface area contributed by atoms with Crippen molar-refractivity contribution >= 4 is 13.1 Å². The van der Waals surface area contributed by atoms with Gasteiger partial charge in [0, 0.05) is 0 Å². The molecule has 2 heterocycles. The number of fused-ring (bicyclic) bond motifs is 2. The van der Waals surface area contributed by atoms with Crippen LogP contribution in [0.15, 0.2) is 6.07 Å². The molecular formula is C11H10BNaO6. The Balaban J connectivity index is 0.00000133. The Morgan fingerprint density at radius 3 is 2.89 bits per heavy atom. The third-order valence-electron chi connectivity index (χ3n) is 2.95. The van der Waals surface area contributed by atoms with Gasteiger partial charge in [-0.3, -0.25) is 0 Å². The standard InChI is InChI=1S/C11H11BO6.Na/c13-11(14)8-9-6(2-1-3-16-9)4-7-10(8)18-12(15)5-17-7;/h4,15H,1-3,5H2,(H,13,14);/q;+1/p-1. The molecule has 0 aromatic heterocycles. The molecule has 8 heteroatoms. The van der Waals surface area contributed by atoms with Crippen LogP contribution in [-0.4, -0.2) is 31.2 Å². The van der Waals surface area contributed by atoms with Gasteiger partial charge in [-0.05, 0) is 24.5 Å². The number of hydrogen-bond acceptors (Lipinski definition) is 6. The molecule has 0 radical (unpaired) electrons. The minimum absolute atomic E-state index is 0. The number of rotatable bonds is 1. The van der Waals surface area contributed by atoms with E-state index >= 15 is 0 Å². The van der Waals surface area contributed by atoms with Gasteiger partial charge in [-0.1, -0.05) is 0 Å². The molecule has 1 aromatic carbocycles. The number of carbonyl (C=O) groups excluding carboxylic acids is 1. The monoisotopic (exact) mass is 272 g/mol. The Hall–Kier alpha value is -0.885. The van der Waals surface area contributed by atoms with Crippen LogP contribution in [-0.2, 0) is 6.42 Å². The van der Waals surface area contributed by atoms with Crippen molar-refractivity contribution < 1.29 is 58.6 Å². The molecule has 2 aliphatic heterocycles. The van der Waals surface area contributed by atoms with E-state index in [1.54, 1.807) is 6.07 Å². The predicted octanol–water partition coefficient (Wildman–Crippen LogP) is -3.83. The third kappa shape index (κ3) is 2.56. The molecule has 0 saturated heterocycles. The summed E-state index contributed by atoms with van der Waals surface area (Å²) in [5, 5.41) is 20.6. The number of ether oxygens (including phenoxy) is 2. The van der Waals surface area contributed by atoms with Gasteiger partial charge in [-0.2, -0.15) is 0 Å². The predicted molar refractivity (Wildman–Crippen MR) is 58.7 cm³/mol. The number of benzene rings is 1. The summed E-state index contributed by atoms with van der Waals surface area (Å²) in [5.41, 5.74) is 0.583. The van der Waals surface area contributed by atoms with Gasteiger partial charge in [-0.25, -0.2) is 0 Å². The van der Waals surface area contributed by atoms with E-state index in [2.05, 4.69) is 0 Å². The molecule has 19 heavy (non-hydrogen) atoms. The number of aromatic carboxylic acids is 1. The first-order valence-electron chi connectivity index (χ1n) is 5.68. The average Bonchev–Trinajstić information content (AvgIpc) is 2.35. The number of carbonyl (C=O) groups is 1. The van der Waals surface area contributed by atoms with Gasteiger partial charge in [0.2, 0.25) is 0 Å². The van der Waals surface area contributed by atoms with Crippen molar-refractivity contribution in [3.05, 3.63) is 17.2 Å². The maximum absolute atomic E-state index is 11.2. The van der Waals surface area contributed by atoms with Crippen molar-refractivity contribution in [3.63, 3.8) is 0 Å². The number of carboxylic acids is 1. The van der Waals surface area contributed by atoms with E-state index in [0.717, 1.165) is 18.4 Å². The van der Waals surface area contributed by atoms with E-state index in [1.807, 2.05) is 0 Å². The van der Waals surface area contributed by atoms with Crippen molar-refractivity contribution in [2.45, 2.75) is 12.8 Å². The van der Waals surface area contributed by atoms with E-state index in [9.17, 15) is 14.9 Å². The number of carboxylic acid groups (broad SMARTS) is 1. The third-order valence-corrected chi connectivity index (χ3v) is 2.95. The Kier molecular flexibility index (Phi) is 4.30. The van der Waals surface area contributed by atoms with Gasteiger partial charge in [0.15, 0.2) is 11.5 Å². The zero-order valence-electron chi connectivity index (χ0n) is 10.5. The molecule has 0 bridgehead atoms. The second-order valence-electron chi connectivity index (χ2n) is 4.19. The molecule has 0 spiro atoms. The molecule has 0 saturated carbocycles. The van der Waals surface area contributed by atoms with E-state index in [1.165, 1.54) is 0 Å². The Morgan fingerprint density at radius 1 is 1.37 bits per heavy atom. The number of hydrogen-bond donors (Lipinski definition) is 1. The van der Waals surface area contributed by atoms with Crippen LogP contribution in [0.3, 0.4) is 0 Å². The quantitative estimate of drug-likeness (QED) is 0.527. The minimum atomic E-state index is -1.40. The van der Waals surface area contributed by atoms with Crippen LogP contribution in [0.25, 0.3) is 0 Å². The summed E-state index contributed by atoms with van der Waals surface area (Å²) < 4.78 is 15.8. The molecule has 0 fully saturated rings. The molecule has 3 rings (SSSR count). The van der Waals surface area contributed by atoms with Crippen LogP contribution < -0.4 is 48.8 Å². The molecule has 0 atom stereocenters. The van der Waals surface area contributed by atoms with Crippen LogP contribution in [0.2, 0.25) is 0 Å². The fourth-order valence-corrected chi connectivity index (χ4v) is 2.20.